The van der Waals surface area contributed by atoms with Gasteiger partial charge in [0.1, 0.15) is 0 Å². The van der Waals surface area contributed by atoms with E-state index in [4.69, 9.17) is 5.11 Å². The van der Waals surface area contributed by atoms with E-state index in [1.54, 1.807) is 0 Å². The molecule has 0 bridgehead atoms. The molecule has 2 heterocycles. The van der Waals surface area contributed by atoms with Gasteiger partial charge in [-0.2, -0.15) is 0 Å². The predicted molar refractivity (Wildman–Crippen MR) is 117 cm³/mol. The fourth-order valence-electron chi connectivity index (χ4n) is 3.69. The summed E-state index contributed by atoms with van der Waals surface area (Å²) in [4.78, 5) is 12.7. The molecule has 27 heavy (non-hydrogen) atoms. The molecule has 144 valence electrons. The van der Waals surface area contributed by atoms with Crippen molar-refractivity contribution in [1.29, 1.82) is 0 Å². The number of thiophene rings is 1. The summed E-state index contributed by atoms with van der Waals surface area (Å²) in [5, 5.41) is 11.9. The minimum atomic E-state index is -0.125. The molecule has 2 aliphatic rings. The second-order valence-electron chi connectivity index (χ2n) is 7.46. The minimum absolute atomic E-state index is 0.0625. The van der Waals surface area contributed by atoms with Gasteiger partial charge in [0.05, 0.1) is 5.76 Å². The lowest BCUT2D eigenvalue weighted by molar-refractivity contribution is -0.112. The molecule has 3 rings (SSSR count). The minimum Gasteiger partial charge on any atom is -0.512 e. The van der Waals surface area contributed by atoms with Crippen LogP contribution in [0.5, 0.6) is 0 Å². The molecule has 1 aromatic heterocycles. The van der Waals surface area contributed by atoms with E-state index in [0.29, 0.717) is 0 Å². The zero-order chi connectivity index (χ0) is 20.2. The maximum Gasteiger partial charge on any atom is 0.155 e. The Kier molecular flexibility index (Phi) is 6.32. The van der Waals surface area contributed by atoms with Crippen molar-refractivity contribution < 1.29 is 9.90 Å². The quantitative estimate of drug-likeness (QED) is 0.519. The summed E-state index contributed by atoms with van der Waals surface area (Å²) >= 11 is 1.86. The molecule has 1 aromatic rings. The van der Waals surface area contributed by atoms with Gasteiger partial charge in [0, 0.05) is 33.2 Å². The Morgan fingerprint density at radius 2 is 1.96 bits per heavy atom. The van der Waals surface area contributed by atoms with Crippen LogP contribution in [-0.4, -0.2) is 16.4 Å². The Morgan fingerprint density at radius 3 is 2.48 bits per heavy atom. The van der Waals surface area contributed by atoms with Crippen molar-refractivity contribution in [2.24, 2.45) is 0 Å². The van der Waals surface area contributed by atoms with E-state index < -0.39 is 0 Å². The number of allylic oxidation sites excluding steroid dienone is 5. The molecule has 2 atom stereocenters. The third-order valence-electron chi connectivity index (χ3n) is 5.25. The SMILES string of the molecule is C=Cc1sc2c(c1C=C)[C@]1(C)C[C@]1(C)N/C=C\C=C/C2.CC(=O)/C=C(/C)O. The number of nitrogens with one attached hydrogen (secondary N) is 1. The first-order valence-corrected chi connectivity index (χ1v) is 9.88. The number of rotatable bonds is 3. The van der Waals surface area contributed by atoms with Crippen LogP contribution in [0.3, 0.4) is 0 Å². The van der Waals surface area contributed by atoms with E-state index in [1.807, 2.05) is 23.5 Å². The molecule has 4 heteroatoms. The number of aliphatic hydroxyl groups excluding tert-OH is 1. The smallest absolute Gasteiger partial charge is 0.155 e. The van der Waals surface area contributed by atoms with Crippen LogP contribution in [-0.2, 0) is 16.6 Å². The van der Waals surface area contributed by atoms with E-state index in [1.165, 1.54) is 40.8 Å². The zero-order valence-corrected chi connectivity index (χ0v) is 17.5. The predicted octanol–water partition coefficient (Wildman–Crippen LogP) is 5.71. The molecule has 1 aliphatic heterocycles. The molecule has 1 fully saturated rings. The topological polar surface area (TPSA) is 49.3 Å². The van der Waals surface area contributed by atoms with Crippen LogP contribution < -0.4 is 5.32 Å². The van der Waals surface area contributed by atoms with Gasteiger partial charge in [-0.25, -0.2) is 0 Å². The zero-order valence-electron chi connectivity index (χ0n) is 16.6. The lowest BCUT2D eigenvalue weighted by Gasteiger charge is -2.22. The summed E-state index contributed by atoms with van der Waals surface area (Å²) in [6, 6.07) is 0. The number of ketones is 1. The number of carbonyl (C=O) groups excluding carboxylic acids is 1. The van der Waals surface area contributed by atoms with Crippen molar-refractivity contribution >= 4 is 29.3 Å². The summed E-state index contributed by atoms with van der Waals surface area (Å²) < 4.78 is 0. The van der Waals surface area contributed by atoms with E-state index >= 15 is 0 Å². The molecule has 0 unspecified atom stereocenters. The molecule has 0 aromatic carbocycles. The fraction of sp³-hybridized carbons (Fsp3) is 0.348. The van der Waals surface area contributed by atoms with Crippen molar-refractivity contribution in [2.45, 2.75) is 51.5 Å². The Morgan fingerprint density at radius 1 is 1.26 bits per heavy atom. The highest BCUT2D eigenvalue weighted by atomic mass is 32.1. The van der Waals surface area contributed by atoms with Gasteiger partial charge in [-0.05, 0) is 50.6 Å². The van der Waals surface area contributed by atoms with Crippen molar-refractivity contribution in [3.05, 3.63) is 70.3 Å². The van der Waals surface area contributed by atoms with Crippen molar-refractivity contribution in [2.75, 3.05) is 0 Å². The third kappa shape index (κ3) is 4.33. The first-order chi connectivity index (χ1) is 12.7. The van der Waals surface area contributed by atoms with Crippen LogP contribution in [0.1, 0.15) is 55.0 Å². The van der Waals surface area contributed by atoms with Crippen LogP contribution in [0.15, 0.2) is 49.4 Å². The monoisotopic (exact) mass is 383 g/mol. The Balaban J connectivity index is 0.000000321. The molecular weight excluding hydrogens is 354 g/mol. The number of fused-ring (bicyclic) bond motifs is 3. The first kappa shape index (κ1) is 21.0. The second kappa shape index (κ2) is 8.13. The molecule has 3 nitrogen and oxygen atoms in total. The highest BCUT2D eigenvalue weighted by Crippen LogP contribution is 2.60. The summed E-state index contributed by atoms with van der Waals surface area (Å²) in [6.07, 6.45) is 15.8. The maximum absolute atomic E-state index is 10.0. The molecule has 0 amide bonds. The maximum atomic E-state index is 10.0. The van der Waals surface area contributed by atoms with Crippen molar-refractivity contribution in [3.63, 3.8) is 0 Å². The van der Waals surface area contributed by atoms with Gasteiger partial charge in [0.25, 0.3) is 0 Å². The van der Waals surface area contributed by atoms with Gasteiger partial charge in [-0.15, -0.1) is 11.3 Å². The van der Waals surface area contributed by atoms with E-state index in [0.717, 1.165) is 12.8 Å². The molecule has 0 radical (unpaired) electrons. The van der Waals surface area contributed by atoms with Gasteiger partial charge in [-0.1, -0.05) is 44.4 Å². The molecule has 0 spiro atoms. The number of hydrogen-bond acceptors (Lipinski definition) is 4. The van der Waals surface area contributed by atoms with Gasteiger partial charge < -0.3 is 10.4 Å². The Bertz CT molecular complexity index is 839. The van der Waals surface area contributed by atoms with Crippen LogP contribution in [0.2, 0.25) is 0 Å². The van der Waals surface area contributed by atoms with E-state index in [9.17, 15) is 4.79 Å². The van der Waals surface area contributed by atoms with Crippen LogP contribution in [0.25, 0.3) is 12.2 Å². The molecular formula is C23H29NO2S. The molecule has 1 aliphatic carbocycles. The second-order valence-corrected chi connectivity index (χ2v) is 8.60. The molecule has 1 saturated carbocycles. The van der Waals surface area contributed by atoms with Crippen LogP contribution in [0.4, 0.5) is 0 Å². The molecule has 2 N–H and O–H groups in total. The van der Waals surface area contributed by atoms with Crippen LogP contribution in [0, 0.1) is 0 Å². The van der Waals surface area contributed by atoms with Crippen molar-refractivity contribution in [3.8, 4) is 0 Å². The van der Waals surface area contributed by atoms with Gasteiger partial charge in [0.15, 0.2) is 5.78 Å². The average molecular weight is 384 g/mol. The first-order valence-electron chi connectivity index (χ1n) is 9.06. The number of hydrogen-bond donors (Lipinski definition) is 2. The summed E-state index contributed by atoms with van der Waals surface area (Å²) in [5.74, 6) is -0.0625. The fourth-order valence-corrected chi connectivity index (χ4v) is 4.95. The van der Waals surface area contributed by atoms with E-state index in [-0.39, 0.29) is 22.5 Å². The van der Waals surface area contributed by atoms with Gasteiger partial charge in [0.2, 0.25) is 0 Å². The largest absolute Gasteiger partial charge is 0.512 e. The Labute approximate surface area is 166 Å². The lowest BCUT2D eigenvalue weighted by atomic mass is 9.88. The van der Waals surface area contributed by atoms with Gasteiger partial charge >= 0.3 is 0 Å². The number of carbonyl (C=O) groups is 1. The standard InChI is InChI=1S/C18H21NS.C5H8O2/c1-5-13-14(6-2)20-15-10-8-7-9-11-19-18(4)12-17(18,3)16(13)15;1-4(6)3-5(2)7/h5-9,11,19H,1-2,10,12H2,3-4H3;3,6H,1-2H3/b8-7-,11-9-;4-3-/t17-,18-;/m0./s1. The lowest BCUT2D eigenvalue weighted by Crippen LogP contribution is -2.32. The van der Waals surface area contributed by atoms with Gasteiger partial charge in [-0.3, -0.25) is 4.79 Å². The van der Waals surface area contributed by atoms with Crippen molar-refractivity contribution in [1.82, 2.24) is 5.32 Å². The third-order valence-corrected chi connectivity index (χ3v) is 6.47. The summed E-state index contributed by atoms with van der Waals surface area (Å²) in [7, 11) is 0. The summed E-state index contributed by atoms with van der Waals surface area (Å²) in [5.41, 5.74) is 3.08. The van der Waals surface area contributed by atoms with Crippen LogP contribution >= 0.6 is 11.3 Å². The Hall–Kier alpha value is -2.33. The highest BCUT2D eigenvalue weighted by molar-refractivity contribution is 7.13. The molecule has 0 saturated heterocycles. The summed E-state index contributed by atoms with van der Waals surface area (Å²) in [6.45, 7) is 15.5. The van der Waals surface area contributed by atoms with E-state index in [2.05, 4.69) is 56.8 Å². The number of aliphatic hydroxyl groups is 1. The normalized spacial score (nSPS) is 28.2. The average Bonchev–Trinajstić information content (AvgIpc) is 2.96. The highest BCUT2D eigenvalue weighted by Gasteiger charge is 2.63.